The molecule has 0 spiro atoms. The minimum Gasteiger partial charge on any atom is -0.481 e. The number of carbonyl (C=O) groups is 3. The van der Waals surface area contributed by atoms with Crippen molar-refractivity contribution in [3.05, 3.63) is 59.7 Å². The smallest absolute Gasteiger partial charge is 0.407 e. The van der Waals surface area contributed by atoms with E-state index in [1.165, 1.54) is 22.3 Å². The normalized spacial score (nSPS) is 19.5. The number of carboxylic acid groups (broad SMARTS) is 1. The van der Waals surface area contributed by atoms with Crippen LogP contribution in [0.3, 0.4) is 0 Å². The van der Waals surface area contributed by atoms with E-state index >= 15 is 0 Å². The Kier molecular flexibility index (Phi) is 8.06. The summed E-state index contributed by atoms with van der Waals surface area (Å²) in [5, 5.41) is 15.0. The lowest BCUT2D eigenvalue weighted by Gasteiger charge is -2.17. The number of hydrogen-bond acceptors (Lipinski definition) is 4. The van der Waals surface area contributed by atoms with Gasteiger partial charge in [-0.05, 0) is 53.4 Å². The van der Waals surface area contributed by atoms with Gasteiger partial charge in [-0.2, -0.15) is 0 Å². The number of nitrogens with one attached hydrogen (secondary N) is 2. The summed E-state index contributed by atoms with van der Waals surface area (Å²) in [6.07, 6.45) is 2.95. The Morgan fingerprint density at radius 1 is 1.00 bits per heavy atom. The molecule has 0 saturated heterocycles. The molecular weight excluding hydrogens is 444 g/mol. The van der Waals surface area contributed by atoms with Crippen molar-refractivity contribution in [2.75, 3.05) is 19.7 Å². The molecule has 2 aliphatic carbocycles. The molecule has 3 atom stereocenters. The van der Waals surface area contributed by atoms with E-state index in [-0.39, 0.29) is 36.2 Å². The Balaban J connectivity index is 1.16. The van der Waals surface area contributed by atoms with Gasteiger partial charge in [-0.1, -0.05) is 61.9 Å². The largest absolute Gasteiger partial charge is 0.481 e. The number of carboxylic acids is 1. The van der Waals surface area contributed by atoms with E-state index in [2.05, 4.69) is 34.9 Å². The van der Waals surface area contributed by atoms with Crippen LogP contribution in [0, 0.1) is 17.8 Å². The highest BCUT2D eigenvalue weighted by molar-refractivity contribution is 5.79. The van der Waals surface area contributed by atoms with Crippen LogP contribution in [0.5, 0.6) is 0 Å². The van der Waals surface area contributed by atoms with Crippen molar-refractivity contribution in [3.63, 3.8) is 0 Å². The van der Waals surface area contributed by atoms with Crippen molar-refractivity contribution in [1.29, 1.82) is 0 Å². The third-order valence-corrected chi connectivity index (χ3v) is 7.34. The lowest BCUT2D eigenvalue weighted by atomic mass is 9.96. The molecule has 0 radical (unpaired) electrons. The molecule has 2 aromatic carbocycles. The third kappa shape index (κ3) is 6.02. The van der Waals surface area contributed by atoms with Crippen molar-refractivity contribution < 1.29 is 24.2 Å². The third-order valence-electron chi connectivity index (χ3n) is 7.34. The van der Waals surface area contributed by atoms with Crippen LogP contribution >= 0.6 is 0 Å². The fourth-order valence-electron chi connectivity index (χ4n) is 5.33. The first kappa shape index (κ1) is 24.8. The maximum absolute atomic E-state index is 12.3. The van der Waals surface area contributed by atoms with Crippen molar-refractivity contribution in [2.45, 2.75) is 44.9 Å². The zero-order chi connectivity index (χ0) is 24.8. The van der Waals surface area contributed by atoms with Crippen molar-refractivity contribution in [1.82, 2.24) is 10.6 Å². The number of ether oxygens (including phenoxy) is 1. The standard InChI is InChI=1S/C28H34N2O5/c1-18(13-14-26(31)29-16-19-7-6-12-20(19)27(32)33)15-30-28(34)35-17-25-23-10-4-2-8-21(23)22-9-3-5-11-24(22)25/h2-5,8-11,18-20,25H,6-7,12-17H2,1H3,(H,29,31)(H,30,34)(H,32,33)/t18?,19-,20-/m0/s1. The summed E-state index contributed by atoms with van der Waals surface area (Å²) in [7, 11) is 0. The summed E-state index contributed by atoms with van der Waals surface area (Å²) in [5.41, 5.74) is 4.73. The van der Waals surface area contributed by atoms with Crippen LogP contribution < -0.4 is 10.6 Å². The van der Waals surface area contributed by atoms with E-state index in [9.17, 15) is 19.5 Å². The second-order valence-electron chi connectivity index (χ2n) is 9.79. The first-order chi connectivity index (χ1) is 16.9. The molecule has 0 heterocycles. The van der Waals surface area contributed by atoms with E-state index in [0.29, 0.717) is 32.4 Å². The van der Waals surface area contributed by atoms with Gasteiger partial charge in [0.25, 0.3) is 0 Å². The summed E-state index contributed by atoms with van der Waals surface area (Å²) in [6.45, 7) is 3.10. The van der Waals surface area contributed by atoms with Crippen LogP contribution in [-0.4, -0.2) is 42.8 Å². The zero-order valence-electron chi connectivity index (χ0n) is 20.2. The van der Waals surface area contributed by atoms with Gasteiger partial charge < -0.3 is 20.5 Å². The molecule has 0 bridgehead atoms. The molecule has 186 valence electrons. The molecular formula is C28H34N2O5. The first-order valence-electron chi connectivity index (χ1n) is 12.5. The van der Waals surface area contributed by atoms with Gasteiger partial charge in [0.1, 0.15) is 6.61 Å². The minimum absolute atomic E-state index is 0.0177. The van der Waals surface area contributed by atoms with Crippen LogP contribution in [0.15, 0.2) is 48.5 Å². The van der Waals surface area contributed by atoms with E-state index in [0.717, 1.165) is 12.8 Å². The molecule has 2 aliphatic rings. The highest BCUT2D eigenvalue weighted by atomic mass is 16.5. The summed E-state index contributed by atoms with van der Waals surface area (Å²) in [5.74, 6) is -1.04. The first-order valence-corrected chi connectivity index (χ1v) is 12.5. The minimum atomic E-state index is -0.769. The van der Waals surface area contributed by atoms with E-state index in [4.69, 9.17) is 4.74 Å². The van der Waals surface area contributed by atoms with Gasteiger partial charge in [-0.25, -0.2) is 4.79 Å². The number of aliphatic carboxylic acids is 1. The summed E-state index contributed by atoms with van der Waals surface area (Å²) in [6, 6.07) is 16.4. The van der Waals surface area contributed by atoms with Gasteiger partial charge >= 0.3 is 12.1 Å². The van der Waals surface area contributed by atoms with Crippen LogP contribution in [-0.2, 0) is 14.3 Å². The molecule has 7 heteroatoms. The average molecular weight is 479 g/mol. The Hall–Kier alpha value is -3.35. The van der Waals surface area contributed by atoms with Gasteiger partial charge in [0.15, 0.2) is 0 Å². The number of amides is 2. The molecule has 1 unspecified atom stereocenters. The van der Waals surface area contributed by atoms with Crippen LogP contribution in [0.1, 0.15) is 56.1 Å². The molecule has 4 rings (SSSR count). The topological polar surface area (TPSA) is 105 Å². The molecule has 1 saturated carbocycles. The van der Waals surface area contributed by atoms with Crippen LogP contribution in [0.2, 0.25) is 0 Å². The second-order valence-corrected chi connectivity index (χ2v) is 9.79. The highest BCUT2D eigenvalue weighted by Gasteiger charge is 2.33. The van der Waals surface area contributed by atoms with E-state index < -0.39 is 12.1 Å². The van der Waals surface area contributed by atoms with Gasteiger partial charge in [0, 0.05) is 25.4 Å². The number of benzene rings is 2. The van der Waals surface area contributed by atoms with Crippen molar-refractivity contribution in [3.8, 4) is 11.1 Å². The predicted octanol–water partition coefficient (Wildman–Crippen LogP) is 4.56. The van der Waals surface area contributed by atoms with Crippen LogP contribution in [0.25, 0.3) is 11.1 Å². The van der Waals surface area contributed by atoms with Gasteiger partial charge in [-0.3, -0.25) is 9.59 Å². The van der Waals surface area contributed by atoms with Crippen molar-refractivity contribution in [2.24, 2.45) is 17.8 Å². The fourth-order valence-corrected chi connectivity index (χ4v) is 5.33. The van der Waals surface area contributed by atoms with Gasteiger partial charge in [-0.15, -0.1) is 0 Å². The molecule has 0 aromatic heterocycles. The SMILES string of the molecule is CC(CCC(=O)NC[C@@H]1CCC[C@@H]1C(=O)O)CNC(=O)OCC1c2ccccc2-c2ccccc21. The Morgan fingerprint density at radius 3 is 2.31 bits per heavy atom. The molecule has 1 fully saturated rings. The average Bonchev–Trinajstić information content (AvgIpc) is 3.46. The summed E-state index contributed by atoms with van der Waals surface area (Å²) >= 11 is 0. The van der Waals surface area contributed by atoms with Gasteiger partial charge in [0.05, 0.1) is 5.92 Å². The fraction of sp³-hybridized carbons (Fsp3) is 0.464. The van der Waals surface area contributed by atoms with E-state index in [1.54, 1.807) is 0 Å². The van der Waals surface area contributed by atoms with Crippen molar-refractivity contribution >= 4 is 18.0 Å². The Labute approximate surface area is 206 Å². The summed E-state index contributed by atoms with van der Waals surface area (Å²) in [4.78, 5) is 35.8. The highest BCUT2D eigenvalue weighted by Crippen LogP contribution is 2.44. The monoisotopic (exact) mass is 478 g/mol. The molecule has 2 amide bonds. The quantitative estimate of drug-likeness (QED) is 0.464. The molecule has 0 aliphatic heterocycles. The summed E-state index contributed by atoms with van der Waals surface area (Å²) < 4.78 is 5.56. The van der Waals surface area contributed by atoms with Crippen LogP contribution in [0.4, 0.5) is 4.79 Å². The zero-order valence-corrected chi connectivity index (χ0v) is 20.2. The van der Waals surface area contributed by atoms with Gasteiger partial charge in [0.2, 0.25) is 5.91 Å². The molecule has 2 aromatic rings. The number of fused-ring (bicyclic) bond motifs is 3. The maximum Gasteiger partial charge on any atom is 0.407 e. The maximum atomic E-state index is 12.3. The lowest BCUT2D eigenvalue weighted by Crippen LogP contribution is -2.34. The molecule has 7 nitrogen and oxygen atoms in total. The number of alkyl carbamates (subject to hydrolysis) is 1. The number of hydrogen-bond donors (Lipinski definition) is 3. The predicted molar refractivity (Wildman–Crippen MR) is 133 cm³/mol. The number of carbonyl (C=O) groups excluding carboxylic acids is 2. The molecule has 35 heavy (non-hydrogen) atoms. The Bertz CT molecular complexity index is 1020. The molecule has 3 N–H and O–H groups in total. The lowest BCUT2D eigenvalue weighted by molar-refractivity contribution is -0.143. The van der Waals surface area contributed by atoms with E-state index in [1.807, 2.05) is 31.2 Å². The second kappa shape index (κ2) is 11.4. The number of rotatable bonds is 10. The Morgan fingerprint density at radius 2 is 1.66 bits per heavy atom.